The monoisotopic (exact) mass is 299 g/mol. The number of hydrogen-bond acceptors (Lipinski definition) is 5. The fourth-order valence-corrected chi connectivity index (χ4v) is 1.99. The summed E-state index contributed by atoms with van der Waals surface area (Å²) >= 11 is 0. The summed E-state index contributed by atoms with van der Waals surface area (Å²) < 4.78 is 0. The summed E-state index contributed by atoms with van der Waals surface area (Å²) in [6, 6.07) is 6.39. The first-order valence-corrected chi connectivity index (χ1v) is 6.77. The van der Waals surface area contributed by atoms with E-state index in [9.17, 15) is 15.2 Å². The van der Waals surface area contributed by atoms with Crippen LogP contribution in [0.15, 0.2) is 34.5 Å². The third-order valence-electron chi connectivity index (χ3n) is 3.64. The second kappa shape index (κ2) is 5.93. The molecule has 22 heavy (non-hydrogen) atoms. The number of aromatic hydroxyl groups is 1. The van der Waals surface area contributed by atoms with E-state index in [1.54, 1.807) is 25.1 Å². The summed E-state index contributed by atoms with van der Waals surface area (Å²) in [5, 5.41) is 28.9. The smallest absolute Gasteiger partial charge is 0.297 e. The number of azo groups is 1. The minimum Gasteiger partial charge on any atom is -0.506 e. The van der Waals surface area contributed by atoms with Crippen molar-refractivity contribution in [1.82, 2.24) is 0 Å². The van der Waals surface area contributed by atoms with Gasteiger partial charge < -0.3 is 5.11 Å². The lowest BCUT2D eigenvalue weighted by atomic mass is 10.1. The van der Waals surface area contributed by atoms with Crippen LogP contribution in [0, 0.1) is 37.8 Å². The van der Waals surface area contributed by atoms with Crippen LogP contribution in [-0.2, 0) is 0 Å². The normalized spacial score (nSPS) is 11.1. The molecule has 1 N–H and O–H groups in total. The maximum Gasteiger partial charge on any atom is 0.297 e. The van der Waals surface area contributed by atoms with Crippen LogP contribution < -0.4 is 0 Å². The van der Waals surface area contributed by atoms with Crippen molar-refractivity contribution in [3.63, 3.8) is 0 Å². The summed E-state index contributed by atoms with van der Waals surface area (Å²) in [4.78, 5) is 10.6. The minimum atomic E-state index is -0.485. The summed E-state index contributed by atoms with van der Waals surface area (Å²) in [5.74, 6) is -0.00154. The molecular formula is C16H17N3O3. The third-order valence-corrected chi connectivity index (χ3v) is 3.64. The highest BCUT2D eigenvalue weighted by Crippen LogP contribution is 2.34. The Morgan fingerprint density at radius 3 is 1.91 bits per heavy atom. The zero-order valence-electron chi connectivity index (χ0n) is 12.9. The molecule has 0 saturated carbocycles. The Bertz CT molecular complexity index is 783. The van der Waals surface area contributed by atoms with Crippen LogP contribution in [0.2, 0.25) is 0 Å². The van der Waals surface area contributed by atoms with Crippen molar-refractivity contribution >= 4 is 17.1 Å². The lowest BCUT2D eigenvalue weighted by molar-refractivity contribution is -0.384. The van der Waals surface area contributed by atoms with Gasteiger partial charge in [-0.05, 0) is 68.1 Å². The Morgan fingerprint density at radius 1 is 0.864 bits per heavy atom. The highest BCUT2D eigenvalue weighted by atomic mass is 16.6. The van der Waals surface area contributed by atoms with Gasteiger partial charge in [-0.2, -0.15) is 0 Å². The molecule has 6 heteroatoms. The molecule has 6 nitrogen and oxygen atoms in total. The van der Waals surface area contributed by atoms with Gasteiger partial charge in [-0.25, -0.2) is 0 Å². The summed E-state index contributed by atoms with van der Waals surface area (Å²) in [5.41, 5.74) is 3.97. The Balaban J connectivity index is 2.48. The summed E-state index contributed by atoms with van der Waals surface area (Å²) in [6.45, 7) is 7.43. The Labute approximate surface area is 128 Å². The fourth-order valence-electron chi connectivity index (χ4n) is 1.99. The fraction of sp³-hybridized carbons (Fsp3) is 0.250. The lowest BCUT2D eigenvalue weighted by Crippen LogP contribution is -1.91. The van der Waals surface area contributed by atoms with Crippen LogP contribution in [0.4, 0.5) is 17.1 Å². The largest absolute Gasteiger partial charge is 0.506 e. The van der Waals surface area contributed by atoms with Gasteiger partial charge in [-0.3, -0.25) is 10.1 Å². The van der Waals surface area contributed by atoms with Crippen molar-refractivity contribution in [3.8, 4) is 5.75 Å². The maximum atomic E-state index is 11.1. The van der Waals surface area contributed by atoms with E-state index in [4.69, 9.17) is 0 Å². The van der Waals surface area contributed by atoms with Gasteiger partial charge in [-0.15, -0.1) is 10.2 Å². The van der Waals surface area contributed by atoms with E-state index in [2.05, 4.69) is 10.2 Å². The number of benzene rings is 2. The van der Waals surface area contributed by atoms with Gasteiger partial charge in [0.1, 0.15) is 11.4 Å². The number of hydrogen-bond donors (Lipinski definition) is 1. The van der Waals surface area contributed by atoms with Crippen molar-refractivity contribution in [2.24, 2.45) is 10.2 Å². The molecule has 0 unspecified atom stereocenters. The van der Waals surface area contributed by atoms with E-state index < -0.39 is 4.92 Å². The SMILES string of the molecule is Cc1cc(O)c(N=Nc2cc(C)c(C)cc2[N+](=O)[O-])cc1C. The average molecular weight is 299 g/mol. The van der Waals surface area contributed by atoms with Gasteiger partial charge >= 0.3 is 0 Å². The zero-order valence-corrected chi connectivity index (χ0v) is 12.9. The highest BCUT2D eigenvalue weighted by Gasteiger charge is 2.15. The quantitative estimate of drug-likeness (QED) is 0.494. The van der Waals surface area contributed by atoms with Crippen LogP contribution in [0.5, 0.6) is 5.75 Å². The molecule has 0 radical (unpaired) electrons. The molecule has 0 atom stereocenters. The molecule has 2 rings (SSSR count). The molecule has 0 aromatic heterocycles. The zero-order chi connectivity index (χ0) is 16.4. The van der Waals surface area contributed by atoms with E-state index in [1.807, 2.05) is 20.8 Å². The van der Waals surface area contributed by atoms with Crippen molar-refractivity contribution in [2.45, 2.75) is 27.7 Å². The molecule has 0 saturated heterocycles. The van der Waals surface area contributed by atoms with Gasteiger partial charge in [0.2, 0.25) is 0 Å². The minimum absolute atomic E-state index is 0.00154. The number of nitro benzene ring substituents is 1. The third kappa shape index (κ3) is 3.11. The average Bonchev–Trinajstić information content (AvgIpc) is 2.44. The van der Waals surface area contributed by atoms with E-state index in [0.29, 0.717) is 0 Å². The second-order valence-electron chi connectivity index (χ2n) is 5.31. The van der Waals surface area contributed by atoms with Gasteiger partial charge in [-0.1, -0.05) is 0 Å². The van der Waals surface area contributed by atoms with Gasteiger partial charge in [0.15, 0.2) is 5.69 Å². The molecule has 0 amide bonds. The number of aryl methyl sites for hydroxylation is 4. The number of nitrogens with zero attached hydrogens (tertiary/aromatic N) is 3. The maximum absolute atomic E-state index is 11.1. The van der Waals surface area contributed by atoms with Crippen molar-refractivity contribution in [2.75, 3.05) is 0 Å². The molecule has 0 aliphatic carbocycles. The van der Waals surface area contributed by atoms with Crippen LogP contribution in [0.3, 0.4) is 0 Å². The Hall–Kier alpha value is -2.76. The molecule has 114 valence electrons. The number of nitro groups is 1. The predicted molar refractivity (Wildman–Crippen MR) is 84.3 cm³/mol. The first kappa shape index (κ1) is 15.6. The van der Waals surface area contributed by atoms with Crippen LogP contribution in [0.25, 0.3) is 0 Å². The second-order valence-corrected chi connectivity index (χ2v) is 5.31. The van der Waals surface area contributed by atoms with Gasteiger partial charge in [0.25, 0.3) is 5.69 Å². The highest BCUT2D eigenvalue weighted by molar-refractivity contribution is 5.61. The Morgan fingerprint density at radius 2 is 1.32 bits per heavy atom. The molecule has 2 aromatic rings. The van der Waals surface area contributed by atoms with Crippen LogP contribution in [0.1, 0.15) is 22.3 Å². The first-order chi connectivity index (χ1) is 10.3. The van der Waals surface area contributed by atoms with E-state index in [-0.39, 0.29) is 22.8 Å². The number of phenols is 1. The molecule has 0 aliphatic heterocycles. The molecule has 0 heterocycles. The van der Waals surface area contributed by atoms with Gasteiger partial charge in [0, 0.05) is 6.07 Å². The molecule has 2 aromatic carbocycles. The van der Waals surface area contributed by atoms with Gasteiger partial charge in [0.05, 0.1) is 4.92 Å². The van der Waals surface area contributed by atoms with E-state index >= 15 is 0 Å². The molecular weight excluding hydrogens is 282 g/mol. The topological polar surface area (TPSA) is 88.1 Å². The van der Waals surface area contributed by atoms with Crippen molar-refractivity contribution in [3.05, 3.63) is 56.6 Å². The Kier molecular flexibility index (Phi) is 4.21. The molecule has 0 fully saturated rings. The van der Waals surface area contributed by atoms with E-state index in [1.165, 1.54) is 6.07 Å². The van der Waals surface area contributed by atoms with Crippen molar-refractivity contribution < 1.29 is 10.0 Å². The van der Waals surface area contributed by atoms with Crippen LogP contribution in [-0.4, -0.2) is 10.0 Å². The molecule has 0 aliphatic rings. The lowest BCUT2D eigenvalue weighted by Gasteiger charge is -2.04. The van der Waals surface area contributed by atoms with Crippen molar-refractivity contribution in [1.29, 1.82) is 0 Å². The predicted octanol–water partition coefficient (Wildman–Crippen LogP) is 4.95. The summed E-state index contributed by atoms with van der Waals surface area (Å²) in [6.07, 6.45) is 0. The summed E-state index contributed by atoms with van der Waals surface area (Å²) in [7, 11) is 0. The molecule has 0 spiro atoms. The number of phenolic OH excluding ortho intramolecular Hbond substituents is 1. The molecule has 0 bridgehead atoms. The standard InChI is InChI=1S/C16H17N3O3/c1-9-5-13(15(19(21)22)7-11(9)3)17-18-14-6-10(2)12(4)8-16(14)20/h5-8,20H,1-4H3. The first-order valence-electron chi connectivity index (χ1n) is 6.77. The van der Waals surface area contributed by atoms with Crippen LogP contribution >= 0.6 is 0 Å². The van der Waals surface area contributed by atoms with E-state index in [0.717, 1.165) is 22.3 Å². The number of rotatable bonds is 3.